The van der Waals surface area contributed by atoms with Gasteiger partial charge in [0.15, 0.2) is 0 Å². The van der Waals surface area contributed by atoms with Crippen LogP contribution in [0.3, 0.4) is 0 Å². The molecule has 0 unspecified atom stereocenters. The van der Waals surface area contributed by atoms with Gasteiger partial charge < -0.3 is 5.32 Å². The standard InChI is InChI=1S/C17H17F2N2/c18-17(19)16-6-5-13(11-21-16)15-4-2-1-3-14(15)12-7-9-20-10-8-12/h1-3,5-6,11-12,17,20H,7-10H2. The van der Waals surface area contributed by atoms with E-state index in [9.17, 15) is 8.78 Å². The minimum absolute atomic E-state index is 0.182. The van der Waals surface area contributed by atoms with Gasteiger partial charge in [0.05, 0.1) is 0 Å². The summed E-state index contributed by atoms with van der Waals surface area (Å²) in [6, 6.07) is 12.3. The highest BCUT2D eigenvalue weighted by atomic mass is 19.3. The summed E-state index contributed by atoms with van der Waals surface area (Å²) in [6.45, 7) is 2.03. The molecule has 1 aliphatic heterocycles. The Hall–Kier alpha value is -1.81. The third-order valence-corrected chi connectivity index (χ3v) is 3.97. The van der Waals surface area contributed by atoms with E-state index in [0.29, 0.717) is 5.92 Å². The third kappa shape index (κ3) is 3.10. The van der Waals surface area contributed by atoms with Crippen LogP contribution in [0.5, 0.6) is 0 Å². The van der Waals surface area contributed by atoms with Crippen molar-refractivity contribution in [3.8, 4) is 11.1 Å². The Kier molecular flexibility index (Phi) is 4.25. The van der Waals surface area contributed by atoms with Crippen LogP contribution in [0, 0.1) is 6.07 Å². The van der Waals surface area contributed by atoms with Gasteiger partial charge >= 0.3 is 0 Å². The summed E-state index contributed by atoms with van der Waals surface area (Å²) in [5, 5.41) is 3.36. The number of aromatic nitrogens is 1. The van der Waals surface area contributed by atoms with Crippen LogP contribution in [-0.4, -0.2) is 18.1 Å². The fourth-order valence-corrected chi connectivity index (χ4v) is 2.86. The number of piperidine rings is 1. The molecule has 0 atom stereocenters. The molecule has 0 spiro atoms. The Morgan fingerprint density at radius 1 is 1.19 bits per heavy atom. The van der Waals surface area contributed by atoms with Crippen molar-refractivity contribution in [3.63, 3.8) is 0 Å². The van der Waals surface area contributed by atoms with Crippen molar-refractivity contribution >= 4 is 0 Å². The topological polar surface area (TPSA) is 24.9 Å². The van der Waals surface area contributed by atoms with Crippen LogP contribution < -0.4 is 5.32 Å². The van der Waals surface area contributed by atoms with E-state index in [1.807, 2.05) is 12.1 Å². The molecule has 1 radical (unpaired) electrons. The number of rotatable bonds is 3. The van der Waals surface area contributed by atoms with Crippen molar-refractivity contribution in [2.45, 2.75) is 25.2 Å². The zero-order valence-electron chi connectivity index (χ0n) is 11.7. The molecule has 1 fully saturated rings. The van der Waals surface area contributed by atoms with Crippen LogP contribution in [0.2, 0.25) is 0 Å². The number of halogens is 2. The molecular formula is C17H17F2N2. The molecule has 0 bridgehead atoms. The molecule has 2 nitrogen and oxygen atoms in total. The van der Waals surface area contributed by atoms with Gasteiger partial charge in [-0.1, -0.05) is 24.3 Å². The lowest BCUT2D eigenvalue weighted by molar-refractivity contribution is 0.146. The molecule has 21 heavy (non-hydrogen) atoms. The van der Waals surface area contributed by atoms with Crippen LogP contribution >= 0.6 is 0 Å². The molecule has 1 aliphatic rings. The maximum atomic E-state index is 12.6. The summed E-state index contributed by atoms with van der Waals surface area (Å²) in [6.07, 6.45) is 1.18. The summed E-state index contributed by atoms with van der Waals surface area (Å²) >= 11 is 0. The summed E-state index contributed by atoms with van der Waals surface area (Å²) < 4.78 is 25.2. The molecule has 0 saturated carbocycles. The van der Waals surface area contributed by atoms with Gasteiger partial charge in [-0.3, -0.25) is 4.98 Å². The lowest BCUT2D eigenvalue weighted by Crippen LogP contribution is -2.26. The van der Waals surface area contributed by atoms with Crippen molar-refractivity contribution in [1.82, 2.24) is 10.3 Å². The van der Waals surface area contributed by atoms with Crippen molar-refractivity contribution < 1.29 is 8.78 Å². The summed E-state index contributed by atoms with van der Waals surface area (Å²) in [5.74, 6) is 0.494. The van der Waals surface area contributed by atoms with Crippen LogP contribution in [0.1, 0.15) is 36.4 Å². The van der Waals surface area contributed by atoms with Gasteiger partial charge in [0.1, 0.15) is 5.69 Å². The third-order valence-electron chi connectivity index (χ3n) is 3.97. The smallest absolute Gasteiger partial charge is 0.280 e. The Morgan fingerprint density at radius 2 is 2.00 bits per heavy atom. The van der Waals surface area contributed by atoms with Gasteiger partial charge in [0.2, 0.25) is 0 Å². The van der Waals surface area contributed by atoms with Crippen LogP contribution in [0.25, 0.3) is 11.1 Å². The first-order chi connectivity index (χ1) is 10.3. The Balaban J connectivity index is 1.94. The Labute approximate surface area is 123 Å². The fraction of sp³-hybridized carbons (Fsp3) is 0.353. The van der Waals surface area contributed by atoms with Crippen LogP contribution in [0.4, 0.5) is 8.78 Å². The molecule has 1 saturated heterocycles. The number of hydrogen-bond acceptors (Lipinski definition) is 2. The normalized spacial score (nSPS) is 16.3. The second-order valence-electron chi connectivity index (χ2n) is 5.30. The van der Waals surface area contributed by atoms with E-state index in [2.05, 4.69) is 22.4 Å². The van der Waals surface area contributed by atoms with Crippen LogP contribution in [0.15, 0.2) is 36.5 Å². The van der Waals surface area contributed by atoms with E-state index in [1.54, 1.807) is 6.07 Å². The average Bonchev–Trinajstić information content (AvgIpc) is 2.56. The molecule has 1 aromatic heterocycles. The molecule has 4 heteroatoms. The SMILES string of the molecule is FC(F)c1ccc(-c2[c]cccc2C2CCNCC2)cn1. The zero-order chi connectivity index (χ0) is 14.7. The van der Waals surface area contributed by atoms with Crippen molar-refractivity contribution in [2.75, 3.05) is 13.1 Å². The number of hydrogen-bond donors (Lipinski definition) is 1. The highest BCUT2D eigenvalue weighted by Crippen LogP contribution is 2.33. The minimum Gasteiger partial charge on any atom is -0.317 e. The second kappa shape index (κ2) is 6.31. The highest BCUT2D eigenvalue weighted by molar-refractivity contribution is 5.66. The Morgan fingerprint density at radius 3 is 2.67 bits per heavy atom. The van der Waals surface area contributed by atoms with Gasteiger partial charge in [-0.05, 0) is 55.1 Å². The number of nitrogens with zero attached hydrogens (tertiary/aromatic N) is 1. The molecule has 3 rings (SSSR count). The highest BCUT2D eigenvalue weighted by Gasteiger charge is 2.19. The number of pyridine rings is 1. The van der Waals surface area contributed by atoms with Crippen molar-refractivity contribution in [3.05, 3.63) is 53.9 Å². The van der Waals surface area contributed by atoms with Crippen molar-refractivity contribution in [1.29, 1.82) is 0 Å². The summed E-state index contributed by atoms with van der Waals surface area (Å²) in [7, 11) is 0. The summed E-state index contributed by atoms with van der Waals surface area (Å²) in [5.41, 5.74) is 2.90. The van der Waals surface area contributed by atoms with Gasteiger partial charge in [-0.15, -0.1) is 0 Å². The van der Waals surface area contributed by atoms with Gasteiger partial charge in [0.25, 0.3) is 6.43 Å². The van der Waals surface area contributed by atoms with Gasteiger partial charge in [0, 0.05) is 11.8 Å². The number of benzene rings is 1. The lowest BCUT2D eigenvalue weighted by Gasteiger charge is -2.25. The first-order valence-electron chi connectivity index (χ1n) is 7.21. The van der Waals surface area contributed by atoms with E-state index in [4.69, 9.17) is 0 Å². The monoisotopic (exact) mass is 287 g/mol. The quantitative estimate of drug-likeness (QED) is 0.924. The molecule has 1 N–H and O–H groups in total. The molecule has 0 amide bonds. The van der Waals surface area contributed by atoms with Gasteiger partial charge in [-0.2, -0.15) is 0 Å². The molecular weight excluding hydrogens is 270 g/mol. The summed E-state index contributed by atoms with van der Waals surface area (Å²) in [4.78, 5) is 3.86. The number of alkyl halides is 2. The molecule has 2 aromatic rings. The zero-order valence-corrected chi connectivity index (χ0v) is 11.7. The predicted octanol–water partition coefficient (Wildman–Crippen LogP) is 3.95. The maximum absolute atomic E-state index is 12.6. The first-order valence-corrected chi connectivity index (χ1v) is 7.21. The average molecular weight is 287 g/mol. The molecule has 1 aromatic carbocycles. The van der Waals surface area contributed by atoms with E-state index < -0.39 is 6.43 Å². The van der Waals surface area contributed by atoms with Gasteiger partial charge in [-0.25, -0.2) is 8.78 Å². The van der Waals surface area contributed by atoms with E-state index in [0.717, 1.165) is 37.1 Å². The van der Waals surface area contributed by atoms with E-state index >= 15 is 0 Å². The van der Waals surface area contributed by atoms with E-state index in [-0.39, 0.29) is 5.69 Å². The Bertz CT molecular complexity index is 590. The minimum atomic E-state index is -2.53. The second-order valence-corrected chi connectivity index (χ2v) is 5.30. The molecule has 2 heterocycles. The van der Waals surface area contributed by atoms with E-state index in [1.165, 1.54) is 17.8 Å². The predicted molar refractivity (Wildman–Crippen MR) is 78.3 cm³/mol. The lowest BCUT2D eigenvalue weighted by atomic mass is 9.85. The molecule has 0 aliphatic carbocycles. The number of nitrogens with one attached hydrogen (secondary N) is 1. The largest absolute Gasteiger partial charge is 0.317 e. The molecule has 109 valence electrons. The first kappa shape index (κ1) is 14.1. The van der Waals surface area contributed by atoms with Crippen LogP contribution in [-0.2, 0) is 0 Å². The maximum Gasteiger partial charge on any atom is 0.280 e. The van der Waals surface area contributed by atoms with Crippen molar-refractivity contribution in [2.24, 2.45) is 0 Å². The fourth-order valence-electron chi connectivity index (χ4n) is 2.86.